The van der Waals surface area contributed by atoms with Crippen LogP contribution in [-0.2, 0) is 12.8 Å². The zero-order chi connectivity index (χ0) is 13.5. The second kappa shape index (κ2) is 7.19. The fourth-order valence-electron chi connectivity index (χ4n) is 2.09. The Morgan fingerprint density at radius 3 is 1.95 bits per heavy atom. The fourth-order valence-corrected chi connectivity index (χ4v) is 2.34. The smallest absolute Gasteiger partial charge is 0.143 e. The van der Waals surface area contributed by atoms with Gasteiger partial charge in [0.2, 0.25) is 0 Å². The highest BCUT2D eigenvalue weighted by Crippen LogP contribution is 2.23. The summed E-state index contributed by atoms with van der Waals surface area (Å²) >= 11 is 3.30. The maximum atomic E-state index is 5.57. The van der Waals surface area contributed by atoms with Crippen LogP contribution < -0.4 is 9.47 Å². The fraction of sp³-hybridized carbons (Fsp3) is 0.250. The molecular formula is C16H17BrO2. The minimum atomic E-state index is 0.513. The quantitative estimate of drug-likeness (QED) is 0.742. The maximum absolute atomic E-state index is 5.57. The lowest BCUT2D eigenvalue weighted by molar-refractivity contribution is 0.392. The van der Waals surface area contributed by atoms with Crippen LogP contribution in [0.2, 0.25) is 0 Å². The Balaban J connectivity index is 2.10. The summed E-state index contributed by atoms with van der Waals surface area (Å²) < 4.78 is 10.9. The molecule has 0 heterocycles. The highest BCUT2D eigenvalue weighted by atomic mass is 79.9. The summed E-state index contributed by atoms with van der Waals surface area (Å²) in [7, 11) is 1.71. The predicted molar refractivity (Wildman–Crippen MR) is 81.3 cm³/mol. The molecule has 19 heavy (non-hydrogen) atoms. The first-order valence-corrected chi connectivity index (χ1v) is 7.36. The van der Waals surface area contributed by atoms with Crippen LogP contribution in [-0.4, -0.2) is 12.6 Å². The van der Waals surface area contributed by atoms with Crippen LogP contribution in [0.15, 0.2) is 48.5 Å². The molecule has 0 N–H and O–H groups in total. The maximum Gasteiger partial charge on any atom is 0.143 e. The molecule has 0 aromatic heterocycles. The van der Waals surface area contributed by atoms with E-state index in [0.29, 0.717) is 5.52 Å². The Kier molecular flexibility index (Phi) is 5.28. The summed E-state index contributed by atoms with van der Waals surface area (Å²) in [6.45, 7) is 0. The number of benzene rings is 2. The normalized spacial score (nSPS) is 10.2. The second-order valence-corrected chi connectivity index (χ2v) is 4.63. The van der Waals surface area contributed by atoms with Gasteiger partial charge in [0, 0.05) is 0 Å². The van der Waals surface area contributed by atoms with Crippen LogP contribution in [0, 0.1) is 0 Å². The van der Waals surface area contributed by atoms with Gasteiger partial charge in [-0.05, 0) is 52.0 Å². The monoisotopic (exact) mass is 320 g/mol. The number of para-hydroxylation sites is 2. The van der Waals surface area contributed by atoms with Gasteiger partial charge in [-0.25, -0.2) is 0 Å². The SMILES string of the molecule is COc1ccccc1CCc1ccccc1OCBr. The molecule has 0 radical (unpaired) electrons. The molecule has 0 bridgehead atoms. The van der Waals surface area contributed by atoms with Crippen molar-refractivity contribution in [2.45, 2.75) is 12.8 Å². The van der Waals surface area contributed by atoms with Crippen molar-refractivity contribution >= 4 is 15.9 Å². The van der Waals surface area contributed by atoms with E-state index in [0.717, 1.165) is 24.3 Å². The topological polar surface area (TPSA) is 18.5 Å². The molecule has 2 aromatic carbocycles. The minimum absolute atomic E-state index is 0.513. The van der Waals surface area contributed by atoms with Crippen LogP contribution in [0.3, 0.4) is 0 Å². The van der Waals surface area contributed by atoms with Crippen molar-refractivity contribution in [2.75, 3.05) is 12.6 Å². The molecule has 0 atom stereocenters. The molecule has 0 aliphatic rings. The lowest BCUT2D eigenvalue weighted by atomic mass is 10.0. The van der Waals surface area contributed by atoms with E-state index in [1.54, 1.807) is 7.11 Å². The van der Waals surface area contributed by atoms with Gasteiger partial charge in [0.05, 0.1) is 7.11 Å². The molecule has 2 aromatic rings. The molecule has 0 spiro atoms. The van der Waals surface area contributed by atoms with Gasteiger partial charge in [0.15, 0.2) is 0 Å². The Morgan fingerprint density at radius 1 is 0.842 bits per heavy atom. The van der Waals surface area contributed by atoms with E-state index in [9.17, 15) is 0 Å². The Hall–Kier alpha value is -1.48. The molecular weight excluding hydrogens is 304 g/mol. The number of ether oxygens (including phenoxy) is 2. The molecule has 0 aliphatic carbocycles. The van der Waals surface area contributed by atoms with Gasteiger partial charge in [-0.2, -0.15) is 0 Å². The second-order valence-electron chi connectivity index (χ2n) is 4.17. The summed E-state index contributed by atoms with van der Waals surface area (Å²) in [5.74, 6) is 1.88. The average Bonchev–Trinajstić information content (AvgIpc) is 2.47. The van der Waals surface area contributed by atoms with Crippen molar-refractivity contribution < 1.29 is 9.47 Å². The molecule has 0 saturated carbocycles. The lowest BCUT2D eigenvalue weighted by Crippen LogP contribution is -1.98. The Bertz CT molecular complexity index is 526. The van der Waals surface area contributed by atoms with E-state index in [4.69, 9.17) is 9.47 Å². The molecule has 0 amide bonds. The van der Waals surface area contributed by atoms with Gasteiger partial charge in [0.1, 0.15) is 17.0 Å². The van der Waals surface area contributed by atoms with E-state index < -0.39 is 0 Å². The summed E-state index contributed by atoms with van der Waals surface area (Å²) in [4.78, 5) is 0. The van der Waals surface area contributed by atoms with Gasteiger partial charge in [-0.1, -0.05) is 36.4 Å². The third-order valence-electron chi connectivity index (χ3n) is 3.04. The van der Waals surface area contributed by atoms with Gasteiger partial charge < -0.3 is 9.47 Å². The van der Waals surface area contributed by atoms with Crippen LogP contribution >= 0.6 is 15.9 Å². The molecule has 0 unspecified atom stereocenters. The van der Waals surface area contributed by atoms with Crippen LogP contribution in [0.5, 0.6) is 11.5 Å². The van der Waals surface area contributed by atoms with E-state index in [1.807, 2.05) is 36.4 Å². The van der Waals surface area contributed by atoms with Crippen LogP contribution in [0.1, 0.15) is 11.1 Å². The van der Waals surface area contributed by atoms with E-state index >= 15 is 0 Å². The number of hydrogen-bond donors (Lipinski definition) is 0. The molecule has 0 saturated heterocycles. The number of alkyl halides is 1. The van der Waals surface area contributed by atoms with E-state index in [1.165, 1.54) is 11.1 Å². The molecule has 0 fully saturated rings. The van der Waals surface area contributed by atoms with E-state index in [2.05, 4.69) is 28.1 Å². The first-order chi connectivity index (χ1) is 9.35. The summed E-state index contributed by atoms with van der Waals surface area (Å²) in [6.07, 6.45) is 1.87. The van der Waals surface area contributed by atoms with Crippen molar-refractivity contribution in [3.63, 3.8) is 0 Å². The van der Waals surface area contributed by atoms with Crippen molar-refractivity contribution in [1.82, 2.24) is 0 Å². The molecule has 0 aliphatic heterocycles. The first-order valence-electron chi connectivity index (χ1n) is 6.23. The molecule has 2 nitrogen and oxygen atoms in total. The number of aryl methyl sites for hydroxylation is 2. The molecule has 2 rings (SSSR count). The number of rotatable bonds is 6. The third-order valence-corrected chi connectivity index (χ3v) is 3.27. The van der Waals surface area contributed by atoms with Gasteiger partial charge in [0.25, 0.3) is 0 Å². The summed E-state index contributed by atoms with van der Waals surface area (Å²) in [5.41, 5.74) is 2.95. The Labute approximate surface area is 122 Å². The zero-order valence-electron chi connectivity index (χ0n) is 10.9. The zero-order valence-corrected chi connectivity index (χ0v) is 12.5. The predicted octanol–water partition coefficient (Wildman–Crippen LogP) is 4.21. The van der Waals surface area contributed by atoms with Crippen LogP contribution in [0.25, 0.3) is 0 Å². The van der Waals surface area contributed by atoms with Crippen molar-refractivity contribution in [3.05, 3.63) is 59.7 Å². The first kappa shape index (κ1) is 13.9. The lowest BCUT2D eigenvalue weighted by Gasteiger charge is -2.11. The van der Waals surface area contributed by atoms with Crippen molar-refractivity contribution in [2.24, 2.45) is 0 Å². The summed E-state index contributed by atoms with van der Waals surface area (Å²) in [6, 6.07) is 16.3. The highest BCUT2D eigenvalue weighted by Gasteiger charge is 2.06. The minimum Gasteiger partial charge on any atom is -0.496 e. The van der Waals surface area contributed by atoms with E-state index in [-0.39, 0.29) is 0 Å². The van der Waals surface area contributed by atoms with Gasteiger partial charge in [-0.15, -0.1) is 0 Å². The molecule has 100 valence electrons. The van der Waals surface area contributed by atoms with Crippen molar-refractivity contribution in [3.8, 4) is 11.5 Å². The number of methoxy groups -OCH3 is 1. The average molecular weight is 321 g/mol. The van der Waals surface area contributed by atoms with Gasteiger partial charge >= 0.3 is 0 Å². The molecule has 3 heteroatoms. The largest absolute Gasteiger partial charge is 0.496 e. The number of halogens is 1. The Morgan fingerprint density at radius 2 is 1.37 bits per heavy atom. The van der Waals surface area contributed by atoms with Crippen molar-refractivity contribution in [1.29, 1.82) is 0 Å². The standard InChI is InChI=1S/C16H17BrO2/c1-18-15-8-4-2-6-13(15)10-11-14-7-3-5-9-16(14)19-12-17/h2-9H,10-12H2,1H3. The van der Waals surface area contributed by atoms with Gasteiger partial charge in [-0.3, -0.25) is 0 Å². The third kappa shape index (κ3) is 3.74. The highest BCUT2D eigenvalue weighted by molar-refractivity contribution is 9.09. The summed E-state index contributed by atoms with van der Waals surface area (Å²) in [5, 5.41) is 0. The van der Waals surface area contributed by atoms with Crippen LogP contribution in [0.4, 0.5) is 0 Å². The number of hydrogen-bond acceptors (Lipinski definition) is 2.